The number of hydrogen-bond acceptors (Lipinski definition) is 2. The highest BCUT2D eigenvalue weighted by Gasteiger charge is 2.09. The van der Waals surface area contributed by atoms with E-state index in [1.54, 1.807) is 0 Å². The van der Waals surface area contributed by atoms with E-state index in [1.165, 1.54) is 0 Å². The number of halogens is 3. The Bertz CT molecular complexity index is 346. The lowest BCUT2D eigenvalue weighted by atomic mass is 10.2. The van der Waals surface area contributed by atoms with Gasteiger partial charge in [-0.1, -0.05) is 0 Å². The summed E-state index contributed by atoms with van der Waals surface area (Å²) in [6.45, 7) is 5.20. The maximum Gasteiger partial charge on any atom is 0.194 e. The number of benzene rings is 1. The first-order valence-electron chi connectivity index (χ1n) is 5.46. The van der Waals surface area contributed by atoms with Crippen molar-refractivity contribution in [3.63, 3.8) is 0 Å². The highest BCUT2D eigenvalue weighted by molar-refractivity contribution is 5.19. The van der Waals surface area contributed by atoms with Crippen molar-refractivity contribution in [2.24, 2.45) is 0 Å². The summed E-state index contributed by atoms with van der Waals surface area (Å²) in [7, 11) is 0. The molecule has 5 heteroatoms. The molecule has 0 bridgehead atoms. The number of nitrogens with one attached hydrogen (secondary N) is 1. The van der Waals surface area contributed by atoms with Crippen LogP contribution in [-0.4, -0.2) is 19.3 Å². The van der Waals surface area contributed by atoms with E-state index in [4.69, 9.17) is 4.74 Å². The highest BCUT2D eigenvalue weighted by atomic mass is 19.2. The molecule has 0 spiro atoms. The van der Waals surface area contributed by atoms with Crippen LogP contribution in [0.4, 0.5) is 13.2 Å². The third kappa shape index (κ3) is 4.75. The topological polar surface area (TPSA) is 21.3 Å². The zero-order valence-corrected chi connectivity index (χ0v) is 9.90. The summed E-state index contributed by atoms with van der Waals surface area (Å²) in [5.41, 5.74) is 0.367. The second-order valence-electron chi connectivity index (χ2n) is 3.97. The van der Waals surface area contributed by atoms with Crippen molar-refractivity contribution < 1.29 is 17.9 Å². The molecule has 17 heavy (non-hydrogen) atoms. The van der Waals surface area contributed by atoms with Crippen molar-refractivity contribution in [3.05, 3.63) is 35.1 Å². The molecule has 1 aromatic rings. The molecular formula is C12H16F3NO. The first-order valence-corrected chi connectivity index (χ1v) is 5.46. The molecule has 0 saturated heterocycles. The van der Waals surface area contributed by atoms with Crippen LogP contribution in [0.2, 0.25) is 0 Å². The fourth-order valence-corrected chi connectivity index (χ4v) is 1.31. The molecule has 0 heterocycles. The normalized spacial score (nSPS) is 11.2. The van der Waals surface area contributed by atoms with Gasteiger partial charge in [-0.15, -0.1) is 0 Å². The minimum atomic E-state index is -1.43. The molecule has 0 atom stereocenters. The zero-order chi connectivity index (χ0) is 12.8. The lowest BCUT2D eigenvalue weighted by Crippen LogP contribution is -2.21. The monoisotopic (exact) mass is 247 g/mol. The van der Waals surface area contributed by atoms with Crippen LogP contribution in [0, 0.1) is 17.5 Å². The highest BCUT2D eigenvalue weighted by Crippen LogP contribution is 2.13. The summed E-state index contributed by atoms with van der Waals surface area (Å²) in [5.74, 6) is -3.77. The Kier molecular flexibility index (Phi) is 5.44. The van der Waals surface area contributed by atoms with Crippen LogP contribution >= 0.6 is 0 Å². The fraction of sp³-hybridized carbons (Fsp3) is 0.500. The summed E-state index contributed by atoms with van der Waals surface area (Å²) < 4.78 is 43.6. The second-order valence-corrected chi connectivity index (χ2v) is 3.97. The van der Waals surface area contributed by atoms with E-state index in [0.29, 0.717) is 18.7 Å². The van der Waals surface area contributed by atoms with Crippen molar-refractivity contribution in [2.45, 2.75) is 26.5 Å². The van der Waals surface area contributed by atoms with Crippen molar-refractivity contribution in [1.29, 1.82) is 0 Å². The first kappa shape index (κ1) is 14.0. The second kappa shape index (κ2) is 6.61. The van der Waals surface area contributed by atoms with Crippen LogP contribution in [-0.2, 0) is 11.3 Å². The van der Waals surface area contributed by atoms with Crippen LogP contribution in [0.25, 0.3) is 0 Å². The molecule has 0 saturated carbocycles. The number of ether oxygens (including phenoxy) is 1. The van der Waals surface area contributed by atoms with Gasteiger partial charge in [-0.2, -0.15) is 0 Å². The average molecular weight is 247 g/mol. The molecule has 96 valence electrons. The summed E-state index contributed by atoms with van der Waals surface area (Å²) in [6, 6.07) is 1.96. The van der Waals surface area contributed by atoms with E-state index >= 15 is 0 Å². The summed E-state index contributed by atoms with van der Waals surface area (Å²) in [6.07, 6.45) is 0.150. The van der Waals surface area contributed by atoms with E-state index in [2.05, 4.69) is 5.32 Å². The molecule has 1 N–H and O–H groups in total. The SMILES string of the molecule is CC(C)OCCNCc1cc(F)c(F)c(F)c1. The smallest absolute Gasteiger partial charge is 0.194 e. The Balaban J connectivity index is 2.37. The Morgan fingerprint density at radius 2 is 1.76 bits per heavy atom. The van der Waals surface area contributed by atoms with E-state index in [1.807, 2.05) is 13.8 Å². The van der Waals surface area contributed by atoms with Gasteiger partial charge in [-0.05, 0) is 31.5 Å². The Labute approximate surface area is 98.8 Å². The average Bonchev–Trinajstić information content (AvgIpc) is 2.25. The van der Waals surface area contributed by atoms with Gasteiger partial charge in [0.05, 0.1) is 12.7 Å². The summed E-state index contributed by atoms with van der Waals surface area (Å²) in [4.78, 5) is 0. The van der Waals surface area contributed by atoms with Crippen molar-refractivity contribution in [1.82, 2.24) is 5.32 Å². The Morgan fingerprint density at radius 1 is 1.18 bits per heavy atom. The van der Waals surface area contributed by atoms with Gasteiger partial charge in [0, 0.05) is 13.1 Å². The van der Waals surface area contributed by atoms with E-state index in [9.17, 15) is 13.2 Å². The molecule has 0 aliphatic carbocycles. The number of hydrogen-bond donors (Lipinski definition) is 1. The molecule has 0 aliphatic rings. The van der Waals surface area contributed by atoms with Crippen LogP contribution < -0.4 is 5.32 Å². The molecular weight excluding hydrogens is 231 g/mol. The molecule has 0 amide bonds. The fourth-order valence-electron chi connectivity index (χ4n) is 1.31. The zero-order valence-electron chi connectivity index (χ0n) is 9.90. The third-order valence-corrected chi connectivity index (χ3v) is 2.10. The molecule has 1 rings (SSSR count). The van der Waals surface area contributed by atoms with Gasteiger partial charge in [-0.3, -0.25) is 0 Å². The predicted octanol–water partition coefficient (Wildman–Crippen LogP) is 2.62. The largest absolute Gasteiger partial charge is 0.377 e. The Hall–Kier alpha value is -1.07. The standard InChI is InChI=1S/C12H16F3NO/c1-8(2)17-4-3-16-7-9-5-10(13)12(15)11(14)6-9/h5-6,8,16H,3-4,7H2,1-2H3. The molecule has 0 aliphatic heterocycles. The minimum Gasteiger partial charge on any atom is -0.377 e. The maximum atomic E-state index is 12.9. The lowest BCUT2D eigenvalue weighted by Gasteiger charge is -2.09. The van der Waals surface area contributed by atoms with E-state index < -0.39 is 17.5 Å². The van der Waals surface area contributed by atoms with Crippen LogP contribution in [0.5, 0.6) is 0 Å². The molecule has 1 aromatic carbocycles. The molecule has 0 unspecified atom stereocenters. The van der Waals surface area contributed by atoms with Crippen molar-refractivity contribution >= 4 is 0 Å². The van der Waals surface area contributed by atoms with Crippen LogP contribution in [0.15, 0.2) is 12.1 Å². The molecule has 2 nitrogen and oxygen atoms in total. The number of rotatable bonds is 6. The van der Waals surface area contributed by atoms with Gasteiger partial charge in [0.2, 0.25) is 0 Å². The predicted molar refractivity (Wildman–Crippen MR) is 59.1 cm³/mol. The lowest BCUT2D eigenvalue weighted by molar-refractivity contribution is 0.0807. The molecule has 0 fully saturated rings. The van der Waals surface area contributed by atoms with Crippen LogP contribution in [0.1, 0.15) is 19.4 Å². The third-order valence-electron chi connectivity index (χ3n) is 2.10. The molecule has 0 aromatic heterocycles. The van der Waals surface area contributed by atoms with Gasteiger partial charge < -0.3 is 10.1 Å². The van der Waals surface area contributed by atoms with Gasteiger partial charge in [-0.25, -0.2) is 13.2 Å². The van der Waals surface area contributed by atoms with Gasteiger partial charge in [0.25, 0.3) is 0 Å². The molecule has 0 radical (unpaired) electrons. The van der Waals surface area contributed by atoms with Crippen molar-refractivity contribution in [2.75, 3.05) is 13.2 Å². The van der Waals surface area contributed by atoms with E-state index in [-0.39, 0.29) is 12.6 Å². The van der Waals surface area contributed by atoms with E-state index in [0.717, 1.165) is 12.1 Å². The Morgan fingerprint density at radius 3 is 2.29 bits per heavy atom. The maximum absolute atomic E-state index is 12.9. The van der Waals surface area contributed by atoms with Gasteiger partial charge in [0.1, 0.15) is 0 Å². The first-order chi connectivity index (χ1) is 8.00. The van der Waals surface area contributed by atoms with Gasteiger partial charge >= 0.3 is 0 Å². The van der Waals surface area contributed by atoms with Crippen LogP contribution in [0.3, 0.4) is 0 Å². The minimum absolute atomic E-state index is 0.150. The summed E-state index contributed by atoms with van der Waals surface area (Å²) in [5, 5.41) is 2.95. The quantitative estimate of drug-likeness (QED) is 0.616. The van der Waals surface area contributed by atoms with Crippen molar-refractivity contribution in [3.8, 4) is 0 Å². The van der Waals surface area contributed by atoms with Gasteiger partial charge in [0.15, 0.2) is 17.5 Å². The summed E-state index contributed by atoms with van der Waals surface area (Å²) >= 11 is 0.